The van der Waals surface area contributed by atoms with Crippen molar-refractivity contribution in [1.82, 2.24) is 5.32 Å². The van der Waals surface area contributed by atoms with Crippen LogP contribution in [0.3, 0.4) is 0 Å². The van der Waals surface area contributed by atoms with Crippen molar-refractivity contribution in [2.75, 3.05) is 6.54 Å². The van der Waals surface area contributed by atoms with E-state index in [1.54, 1.807) is 30.3 Å². The lowest BCUT2D eigenvalue weighted by molar-refractivity contribution is 0.0915. The van der Waals surface area contributed by atoms with Gasteiger partial charge in [-0.25, -0.2) is 13.2 Å². The normalized spacial score (nSPS) is 12.0. The Morgan fingerprint density at radius 2 is 1.67 bits per heavy atom. The summed E-state index contributed by atoms with van der Waals surface area (Å²) in [6.45, 7) is -0.135. The summed E-state index contributed by atoms with van der Waals surface area (Å²) < 4.78 is 38.8. The van der Waals surface area contributed by atoms with Gasteiger partial charge in [0.05, 0.1) is 6.10 Å². The number of carbonyl (C=O) groups excluding carboxylic acids is 1. The summed E-state index contributed by atoms with van der Waals surface area (Å²) in [5.41, 5.74) is 0.237. The van der Waals surface area contributed by atoms with Crippen LogP contribution in [-0.2, 0) is 0 Å². The highest BCUT2D eigenvalue weighted by atomic mass is 19.2. The number of rotatable bonds is 4. The Morgan fingerprint density at radius 3 is 2.24 bits per heavy atom. The molecule has 1 amide bonds. The highest BCUT2D eigenvalue weighted by Gasteiger charge is 2.16. The Kier molecular flexibility index (Phi) is 4.59. The molecule has 0 heterocycles. The van der Waals surface area contributed by atoms with Crippen molar-refractivity contribution < 1.29 is 23.1 Å². The average Bonchev–Trinajstić information content (AvgIpc) is 2.50. The molecule has 0 bridgehead atoms. The predicted octanol–water partition coefficient (Wildman–Crippen LogP) is 2.57. The SMILES string of the molecule is O=C(NCC(O)c1ccccc1)c1cc(F)c(F)c(F)c1. The fourth-order valence-electron chi connectivity index (χ4n) is 1.77. The van der Waals surface area contributed by atoms with Crippen molar-refractivity contribution in [3.63, 3.8) is 0 Å². The number of nitrogens with one attached hydrogen (secondary N) is 1. The van der Waals surface area contributed by atoms with E-state index in [0.29, 0.717) is 17.7 Å². The number of carbonyl (C=O) groups is 1. The fraction of sp³-hybridized carbons (Fsp3) is 0.133. The molecule has 2 rings (SSSR count). The second kappa shape index (κ2) is 6.41. The van der Waals surface area contributed by atoms with Gasteiger partial charge in [0, 0.05) is 12.1 Å². The molecule has 0 aliphatic carbocycles. The lowest BCUT2D eigenvalue weighted by atomic mass is 10.1. The van der Waals surface area contributed by atoms with Crippen LogP contribution in [0.4, 0.5) is 13.2 Å². The Morgan fingerprint density at radius 1 is 1.10 bits per heavy atom. The number of hydrogen-bond acceptors (Lipinski definition) is 2. The maximum atomic E-state index is 13.0. The van der Waals surface area contributed by atoms with Crippen molar-refractivity contribution in [2.24, 2.45) is 0 Å². The second-order valence-corrected chi connectivity index (χ2v) is 4.39. The van der Waals surface area contributed by atoms with Crippen LogP contribution in [0, 0.1) is 17.5 Å². The number of halogens is 3. The summed E-state index contributed by atoms with van der Waals surface area (Å²) in [6.07, 6.45) is -0.953. The van der Waals surface area contributed by atoms with E-state index < -0.39 is 29.5 Å². The molecule has 2 aromatic carbocycles. The van der Waals surface area contributed by atoms with Gasteiger partial charge in [0.25, 0.3) is 5.91 Å². The van der Waals surface area contributed by atoms with Gasteiger partial charge in [0.15, 0.2) is 17.5 Å². The molecular formula is C15H12F3NO2. The average molecular weight is 295 g/mol. The molecule has 0 fully saturated rings. The topological polar surface area (TPSA) is 49.3 Å². The van der Waals surface area contributed by atoms with Crippen LogP contribution in [0.15, 0.2) is 42.5 Å². The molecule has 0 saturated carbocycles. The number of aliphatic hydroxyl groups excluding tert-OH is 1. The van der Waals surface area contributed by atoms with Crippen LogP contribution in [-0.4, -0.2) is 17.6 Å². The monoisotopic (exact) mass is 295 g/mol. The van der Waals surface area contributed by atoms with E-state index in [4.69, 9.17) is 0 Å². The summed E-state index contributed by atoms with van der Waals surface area (Å²) in [5, 5.41) is 12.2. The van der Waals surface area contributed by atoms with Crippen molar-refractivity contribution in [1.29, 1.82) is 0 Å². The molecule has 2 N–H and O–H groups in total. The van der Waals surface area contributed by atoms with E-state index in [0.717, 1.165) is 0 Å². The third kappa shape index (κ3) is 3.61. The van der Waals surface area contributed by atoms with Gasteiger partial charge in [0.1, 0.15) is 0 Å². The molecule has 0 spiro atoms. The van der Waals surface area contributed by atoms with E-state index >= 15 is 0 Å². The molecule has 3 nitrogen and oxygen atoms in total. The molecule has 2 aromatic rings. The fourth-order valence-corrected chi connectivity index (χ4v) is 1.77. The molecule has 6 heteroatoms. The molecule has 1 atom stereocenters. The lowest BCUT2D eigenvalue weighted by Crippen LogP contribution is -2.28. The number of aliphatic hydroxyl groups is 1. The van der Waals surface area contributed by atoms with Gasteiger partial charge >= 0.3 is 0 Å². The Balaban J connectivity index is 2.02. The van der Waals surface area contributed by atoms with Crippen LogP contribution in [0.5, 0.6) is 0 Å². The first-order valence-electron chi connectivity index (χ1n) is 6.15. The van der Waals surface area contributed by atoms with Crippen LogP contribution < -0.4 is 5.32 Å². The highest BCUT2D eigenvalue weighted by Crippen LogP contribution is 2.14. The summed E-state index contributed by atoms with van der Waals surface area (Å²) in [5.74, 6) is -5.31. The van der Waals surface area contributed by atoms with Crippen molar-refractivity contribution in [3.05, 3.63) is 71.0 Å². The summed E-state index contributed by atoms with van der Waals surface area (Å²) >= 11 is 0. The summed E-state index contributed by atoms with van der Waals surface area (Å²) in [6, 6.07) is 9.78. The van der Waals surface area contributed by atoms with Gasteiger partial charge in [-0.1, -0.05) is 30.3 Å². The minimum absolute atomic E-state index is 0.135. The molecule has 1 unspecified atom stereocenters. The van der Waals surface area contributed by atoms with Crippen molar-refractivity contribution in [2.45, 2.75) is 6.10 Å². The van der Waals surface area contributed by atoms with Gasteiger partial charge in [-0.2, -0.15) is 0 Å². The first-order chi connectivity index (χ1) is 9.99. The van der Waals surface area contributed by atoms with Crippen molar-refractivity contribution in [3.8, 4) is 0 Å². The molecule has 0 aromatic heterocycles. The molecule has 21 heavy (non-hydrogen) atoms. The van der Waals surface area contributed by atoms with Crippen LogP contribution in [0.2, 0.25) is 0 Å². The maximum Gasteiger partial charge on any atom is 0.251 e. The molecule has 0 saturated heterocycles. The molecule has 0 aliphatic rings. The standard InChI is InChI=1S/C15H12F3NO2/c16-11-6-10(7-12(17)14(11)18)15(21)19-8-13(20)9-4-2-1-3-5-9/h1-7,13,20H,8H2,(H,19,21). The smallest absolute Gasteiger partial charge is 0.251 e. The van der Waals surface area contributed by atoms with E-state index in [9.17, 15) is 23.1 Å². The van der Waals surface area contributed by atoms with E-state index in [1.807, 2.05) is 0 Å². The largest absolute Gasteiger partial charge is 0.387 e. The second-order valence-electron chi connectivity index (χ2n) is 4.39. The molecule has 0 aliphatic heterocycles. The third-order valence-corrected chi connectivity index (χ3v) is 2.89. The minimum atomic E-state index is -1.63. The summed E-state index contributed by atoms with van der Waals surface area (Å²) in [7, 11) is 0. The van der Waals surface area contributed by atoms with Gasteiger partial charge in [0.2, 0.25) is 0 Å². The summed E-state index contributed by atoms with van der Waals surface area (Å²) in [4.78, 5) is 11.7. The number of amides is 1. The number of benzene rings is 2. The van der Waals surface area contributed by atoms with Crippen LogP contribution in [0.1, 0.15) is 22.0 Å². The van der Waals surface area contributed by atoms with Crippen LogP contribution in [0.25, 0.3) is 0 Å². The van der Waals surface area contributed by atoms with Gasteiger partial charge in [-0.05, 0) is 17.7 Å². The zero-order chi connectivity index (χ0) is 15.4. The molecule has 0 radical (unpaired) electrons. The Labute approximate surface area is 119 Å². The Bertz CT molecular complexity index is 624. The van der Waals surface area contributed by atoms with Crippen molar-refractivity contribution >= 4 is 5.91 Å². The minimum Gasteiger partial charge on any atom is -0.387 e. The molecule has 110 valence electrons. The zero-order valence-corrected chi connectivity index (χ0v) is 10.8. The zero-order valence-electron chi connectivity index (χ0n) is 10.8. The van der Waals surface area contributed by atoms with E-state index in [1.165, 1.54) is 0 Å². The van der Waals surface area contributed by atoms with Crippen LogP contribution >= 0.6 is 0 Å². The van der Waals surface area contributed by atoms with E-state index in [-0.39, 0.29) is 12.1 Å². The maximum absolute atomic E-state index is 13.0. The Hall–Kier alpha value is -2.34. The predicted molar refractivity (Wildman–Crippen MR) is 70.1 cm³/mol. The van der Waals surface area contributed by atoms with Gasteiger partial charge in [-0.3, -0.25) is 4.79 Å². The first kappa shape index (κ1) is 15.1. The highest BCUT2D eigenvalue weighted by molar-refractivity contribution is 5.94. The van der Waals surface area contributed by atoms with E-state index in [2.05, 4.69) is 5.32 Å². The quantitative estimate of drug-likeness (QED) is 0.852. The van der Waals surface area contributed by atoms with Gasteiger partial charge in [-0.15, -0.1) is 0 Å². The first-order valence-corrected chi connectivity index (χ1v) is 6.15. The lowest BCUT2D eigenvalue weighted by Gasteiger charge is -2.12. The third-order valence-electron chi connectivity index (χ3n) is 2.89. The number of hydrogen-bond donors (Lipinski definition) is 2. The molecular weight excluding hydrogens is 283 g/mol. The van der Waals surface area contributed by atoms with Gasteiger partial charge < -0.3 is 10.4 Å².